The van der Waals surface area contributed by atoms with Crippen molar-refractivity contribution in [3.8, 4) is 11.8 Å². The number of carbonyl (C=O) groups excluding carboxylic acids is 1. The molecule has 0 fully saturated rings. The Balaban J connectivity index is 2.09. The van der Waals surface area contributed by atoms with Crippen LogP contribution in [0, 0.1) is 29.9 Å². The van der Waals surface area contributed by atoms with E-state index in [0.29, 0.717) is 40.4 Å². The predicted octanol–water partition coefficient (Wildman–Crippen LogP) is 4.37. The first kappa shape index (κ1) is 19.8. The Morgan fingerprint density at radius 3 is 2.64 bits per heavy atom. The highest BCUT2D eigenvalue weighted by atomic mass is 35.5. The molecule has 0 saturated carbocycles. The fourth-order valence-corrected chi connectivity index (χ4v) is 3.54. The van der Waals surface area contributed by atoms with Gasteiger partial charge in [0.2, 0.25) is 0 Å². The van der Waals surface area contributed by atoms with Gasteiger partial charge >= 0.3 is 5.97 Å². The predicted molar refractivity (Wildman–Crippen MR) is 99.6 cm³/mol. The maximum atomic E-state index is 13.6. The van der Waals surface area contributed by atoms with Crippen molar-refractivity contribution in [2.45, 2.75) is 26.7 Å². The molecule has 0 N–H and O–H groups in total. The minimum Gasteiger partial charge on any atom is -0.462 e. The number of fused-ring (bicyclic) bond motifs is 1. The van der Waals surface area contributed by atoms with Gasteiger partial charge in [-0.15, -0.1) is 0 Å². The number of hydrogen-bond donors (Lipinski definition) is 0. The summed E-state index contributed by atoms with van der Waals surface area (Å²) in [4.78, 5) is 11.9. The van der Waals surface area contributed by atoms with Gasteiger partial charge in [0.25, 0.3) is 0 Å². The second-order valence-corrected chi connectivity index (χ2v) is 6.55. The van der Waals surface area contributed by atoms with Crippen molar-refractivity contribution in [1.82, 2.24) is 9.78 Å². The quantitative estimate of drug-likeness (QED) is 0.432. The van der Waals surface area contributed by atoms with Gasteiger partial charge in [0.15, 0.2) is 0 Å². The van der Waals surface area contributed by atoms with Crippen LogP contribution in [0.25, 0.3) is 10.7 Å². The van der Waals surface area contributed by atoms with E-state index < -0.39 is 17.6 Å². The summed E-state index contributed by atoms with van der Waals surface area (Å²) in [5, 5.41) is 13.9. The number of rotatable bonds is 4. The standard InChI is InChI=1S/C20H16ClF2N3O2/c1-3-28-20(27)13(10-24)6-12-4-5-17-18(19(12)21)11(2)25-26(17)16-8-14(22)7-15(23)9-16/h6-9H,3-5H2,1-2H3/b13-6-. The molecule has 5 nitrogen and oxygen atoms in total. The summed E-state index contributed by atoms with van der Waals surface area (Å²) in [7, 11) is 0. The summed E-state index contributed by atoms with van der Waals surface area (Å²) in [6.45, 7) is 3.54. The number of aromatic nitrogens is 2. The highest BCUT2D eigenvalue weighted by Crippen LogP contribution is 2.38. The molecule has 2 aromatic rings. The smallest absolute Gasteiger partial charge is 0.348 e. The maximum Gasteiger partial charge on any atom is 0.348 e. The van der Waals surface area contributed by atoms with Crippen LogP contribution in [-0.4, -0.2) is 22.4 Å². The number of carbonyl (C=O) groups is 1. The van der Waals surface area contributed by atoms with Crippen molar-refractivity contribution in [1.29, 1.82) is 5.26 Å². The van der Waals surface area contributed by atoms with Crippen molar-refractivity contribution >= 4 is 22.6 Å². The molecule has 1 aromatic heterocycles. The van der Waals surface area contributed by atoms with E-state index in [2.05, 4.69) is 5.10 Å². The molecule has 8 heteroatoms. The Morgan fingerprint density at radius 2 is 2.04 bits per heavy atom. The molecule has 0 aliphatic heterocycles. The number of aryl methyl sites for hydroxylation is 1. The third-order valence-electron chi connectivity index (χ3n) is 4.31. The molecule has 0 radical (unpaired) electrons. The van der Waals surface area contributed by atoms with Gasteiger partial charge in [-0.2, -0.15) is 10.4 Å². The zero-order valence-corrected chi connectivity index (χ0v) is 16.0. The molecule has 3 rings (SSSR count). The van der Waals surface area contributed by atoms with E-state index in [1.807, 2.05) is 6.07 Å². The lowest BCUT2D eigenvalue weighted by Gasteiger charge is -2.17. The molecule has 0 spiro atoms. The third kappa shape index (κ3) is 3.69. The van der Waals surface area contributed by atoms with Crippen LogP contribution in [0.2, 0.25) is 0 Å². The number of esters is 1. The summed E-state index contributed by atoms with van der Waals surface area (Å²) >= 11 is 6.54. The van der Waals surface area contributed by atoms with Gasteiger partial charge < -0.3 is 4.74 Å². The minimum absolute atomic E-state index is 0.143. The minimum atomic E-state index is -0.713. The Kier molecular flexibility index (Phi) is 5.61. The summed E-state index contributed by atoms with van der Waals surface area (Å²) in [5.74, 6) is -2.12. The van der Waals surface area contributed by atoms with Crippen LogP contribution in [0.1, 0.15) is 30.3 Å². The summed E-state index contributed by atoms with van der Waals surface area (Å²) in [6.07, 6.45) is 2.32. The van der Waals surface area contributed by atoms with Crippen LogP contribution in [0.15, 0.2) is 35.4 Å². The third-order valence-corrected chi connectivity index (χ3v) is 4.75. The second-order valence-electron chi connectivity index (χ2n) is 6.18. The summed E-state index contributed by atoms with van der Waals surface area (Å²) in [6, 6.07) is 5.00. The van der Waals surface area contributed by atoms with Crippen LogP contribution in [-0.2, 0) is 16.0 Å². The first-order valence-electron chi connectivity index (χ1n) is 8.58. The van der Waals surface area contributed by atoms with Crippen molar-refractivity contribution in [3.63, 3.8) is 0 Å². The van der Waals surface area contributed by atoms with Gasteiger partial charge in [0.05, 0.1) is 28.7 Å². The number of ether oxygens (including phenoxy) is 1. The Hall–Kier alpha value is -2.98. The number of allylic oxidation sites excluding steroid dienone is 2. The molecule has 0 saturated heterocycles. The SMILES string of the molecule is CCOC(=O)/C(C#N)=C\C1=C(Cl)c2c(C)nn(-c3cc(F)cc(F)c3)c2CC1. The fraction of sp³-hybridized carbons (Fsp3) is 0.250. The van der Waals surface area contributed by atoms with E-state index in [9.17, 15) is 18.8 Å². The van der Waals surface area contributed by atoms with Gasteiger partial charge in [0, 0.05) is 11.6 Å². The van der Waals surface area contributed by atoms with E-state index in [-0.39, 0.29) is 17.9 Å². The molecule has 1 aliphatic rings. The maximum absolute atomic E-state index is 13.6. The first-order chi connectivity index (χ1) is 13.3. The summed E-state index contributed by atoms with van der Waals surface area (Å²) < 4.78 is 33.6. The van der Waals surface area contributed by atoms with Crippen LogP contribution in [0.5, 0.6) is 0 Å². The molecule has 144 valence electrons. The van der Waals surface area contributed by atoms with E-state index in [4.69, 9.17) is 16.3 Å². The molecule has 0 unspecified atom stereocenters. The van der Waals surface area contributed by atoms with Gasteiger partial charge in [-0.05, 0) is 50.5 Å². The number of nitriles is 1. The molecule has 28 heavy (non-hydrogen) atoms. The fourth-order valence-electron chi connectivity index (χ4n) is 3.15. The second kappa shape index (κ2) is 7.95. The number of nitrogens with zero attached hydrogens (tertiary/aromatic N) is 3. The topological polar surface area (TPSA) is 67.9 Å². The van der Waals surface area contributed by atoms with Crippen LogP contribution in [0.4, 0.5) is 8.78 Å². The van der Waals surface area contributed by atoms with Crippen LogP contribution < -0.4 is 0 Å². The van der Waals surface area contributed by atoms with Crippen LogP contribution >= 0.6 is 11.6 Å². The van der Waals surface area contributed by atoms with Gasteiger partial charge in [-0.25, -0.2) is 18.3 Å². The molecular formula is C20H16ClF2N3O2. The molecule has 0 bridgehead atoms. The largest absolute Gasteiger partial charge is 0.462 e. The van der Waals surface area contributed by atoms with Crippen molar-refractivity contribution < 1.29 is 18.3 Å². The number of benzene rings is 1. The molecule has 1 aliphatic carbocycles. The highest BCUT2D eigenvalue weighted by molar-refractivity contribution is 6.50. The Bertz CT molecular complexity index is 1040. The van der Waals surface area contributed by atoms with Gasteiger partial charge in [-0.3, -0.25) is 0 Å². The monoisotopic (exact) mass is 403 g/mol. The summed E-state index contributed by atoms with van der Waals surface area (Å²) in [5.41, 5.74) is 2.63. The van der Waals surface area contributed by atoms with Crippen molar-refractivity contribution in [2.75, 3.05) is 6.61 Å². The number of halogens is 3. The Morgan fingerprint density at radius 1 is 1.36 bits per heavy atom. The van der Waals surface area contributed by atoms with Crippen molar-refractivity contribution in [2.24, 2.45) is 0 Å². The first-order valence-corrected chi connectivity index (χ1v) is 8.96. The van der Waals surface area contributed by atoms with Gasteiger partial charge in [0.1, 0.15) is 23.3 Å². The Labute approximate surface area is 165 Å². The van der Waals surface area contributed by atoms with E-state index in [1.54, 1.807) is 13.8 Å². The lowest BCUT2D eigenvalue weighted by atomic mass is 9.94. The average molecular weight is 404 g/mol. The molecular weight excluding hydrogens is 388 g/mol. The molecule has 1 heterocycles. The lowest BCUT2D eigenvalue weighted by molar-refractivity contribution is -0.138. The lowest BCUT2D eigenvalue weighted by Crippen LogP contribution is -2.10. The highest BCUT2D eigenvalue weighted by Gasteiger charge is 2.26. The normalized spacial score (nSPS) is 13.9. The molecule has 1 aromatic carbocycles. The zero-order chi connectivity index (χ0) is 20.4. The van der Waals surface area contributed by atoms with Gasteiger partial charge in [-0.1, -0.05) is 11.6 Å². The average Bonchev–Trinajstić information content (AvgIpc) is 2.98. The number of hydrogen-bond acceptors (Lipinski definition) is 4. The van der Waals surface area contributed by atoms with E-state index in [1.165, 1.54) is 22.9 Å². The van der Waals surface area contributed by atoms with E-state index in [0.717, 1.165) is 6.07 Å². The van der Waals surface area contributed by atoms with Crippen LogP contribution in [0.3, 0.4) is 0 Å². The van der Waals surface area contributed by atoms with E-state index >= 15 is 0 Å². The van der Waals surface area contributed by atoms with Crippen molar-refractivity contribution in [3.05, 3.63) is 64.0 Å². The molecule has 0 amide bonds. The zero-order valence-electron chi connectivity index (χ0n) is 15.2. The molecule has 0 atom stereocenters.